The van der Waals surface area contributed by atoms with Crippen molar-refractivity contribution in [2.75, 3.05) is 56.6 Å². The number of alkyl halides is 1. The molecule has 0 saturated carbocycles. The van der Waals surface area contributed by atoms with E-state index in [4.69, 9.17) is 15.2 Å². The second kappa shape index (κ2) is 11.0. The predicted molar refractivity (Wildman–Crippen MR) is 174 cm³/mol. The van der Waals surface area contributed by atoms with Crippen LogP contribution in [0.15, 0.2) is 16.9 Å². The number of nitrogens with zero attached hydrogens (tertiary/aromatic N) is 6. The van der Waals surface area contributed by atoms with Gasteiger partial charge in [-0.25, -0.2) is 23.1 Å². The molecule has 5 saturated heterocycles. The number of rotatable bonds is 6. The fourth-order valence-electron chi connectivity index (χ4n) is 8.66. The lowest BCUT2D eigenvalue weighted by atomic mass is 9.95. The molecule has 3 aromatic heterocycles. The van der Waals surface area contributed by atoms with Gasteiger partial charge in [-0.1, -0.05) is 11.3 Å². The normalized spacial score (nSPS) is 27.1. The summed E-state index contributed by atoms with van der Waals surface area (Å²) in [5.41, 5.74) is 5.20. The molecular weight excluding hydrogens is 645 g/mol. The van der Waals surface area contributed by atoms with Crippen LogP contribution in [0.2, 0.25) is 0 Å². The van der Waals surface area contributed by atoms with Crippen molar-refractivity contribution in [2.24, 2.45) is 0 Å². The molecule has 0 spiro atoms. The number of nitriles is 1. The van der Waals surface area contributed by atoms with Crippen molar-refractivity contribution in [3.05, 3.63) is 39.7 Å². The van der Waals surface area contributed by atoms with Crippen LogP contribution in [-0.2, 0) is 4.74 Å². The third-order valence-corrected chi connectivity index (χ3v) is 11.8. The number of ether oxygens (including phenoxy) is 2. The summed E-state index contributed by atoms with van der Waals surface area (Å²) in [6.45, 7) is 2.52. The van der Waals surface area contributed by atoms with Gasteiger partial charge < -0.3 is 25.4 Å². The van der Waals surface area contributed by atoms with E-state index in [0.29, 0.717) is 26.1 Å². The van der Waals surface area contributed by atoms with Gasteiger partial charge >= 0.3 is 0 Å². The van der Waals surface area contributed by atoms with Crippen molar-refractivity contribution < 1.29 is 22.6 Å². The van der Waals surface area contributed by atoms with Crippen LogP contribution in [0, 0.1) is 23.0 Å². The molecule has 48 heavy (non-hydrogen) atoms. The van der Waals surface area contributed by atoms with Crippen LogP contribution >= 0.6 is 11.3 Å². The Bertz CT molecular complexity index is 2080. The fourth-order valence-corrected chi connectivity index (χ4v) is 9.42. The average Bonchev–Trinajstić information content (AvgIpc) is 3.79. The summed E-state index contributed by atoms with van der Waals surface area (Å²) < 4.78 is 60.3. The maximum Gasteiger partial charge on any atom is 0.263 e. The number of hydrogen-bond donors (Lipinski definition) is 2. The molecule has 250 valence electrons. The Morgan fingerprint density at radius 3 is 2.69 bits per heavy atom. The molecule has 4 atom stereocenters. The fraction of sp³-hybridized carbons (Fsp3) is 0.515. The van der Waals surface area contributed by atoms with Gasteiger partial charge in [-0.05, 0) is 44.4 Å². The lowest BCUT2D eigenvalue weighted by Crippen LogP contribution is -2.51. The molecule has 1 aromatic carbocycles. The topological polar surface area (TPSA) is 135 Å². The molecule has 0 aliphatic carbocycles. The molecule has 8 heterocycles. The molecule has 11 nitrogen and oxygen atoms in total. The van der Waals surface area contributed by atoms with Gasteiger partial charge in [-0.2, -0.15) is 5.26 Å². The first kappa shape index (κ1) is 30.1. The highest BCUT2D eigenvalue weighted by Crippen LogP contribution is 2.44. The first-order valence-corrected chi connectivity index (χ1v) is 17.2. The van der Waals surface area contributed by atoms with Gasteiger partial charge in [0.2, 0.25) is 5.88 Å². The Morgan fingerprint density at radius 2 is 1.96 bits per heavy atom. The minimum absolute atomic E-state index is 0.0187. The van der Waals surface area contributed by atoms with E-state index in [1.165, 1.54) is 16.7 Å². The Hall–Kier alpha value is -3.97. The summed E-state index contributed by atoms with van der Waals surface area (Å²) in [6, 6.07) is 4.62. The standard InChI is InChI=1S/C33H33F3N8O3S/c34-16-8-33(6-1-7-43(33)10-16)15-47-30-21(9-37)27(42-11-17-2-3-18(12-42)39-17)23-26(40-30)24(36)28(44(31(23)45)19-13-46-14-19)20-4-5-22(35)29-25(20)41-32(38)48-29/h4-5,16-19,39H,1-3,6-8,10-15H2,(H2,38,41)/t16-,17?,18?,33+/m1/s1. The number of hydrogen-bond acceptors (Lipinski definition) is 11. The summed E-state index contributed by atoms with van der Waals surface area (Å²) in [6.07, 6.45) is 2.84. The first-order valence-electron chi connectivity index (χ1n) is 16.4. The van der Waals surface area contributed by atoms with E-state index in [1.54, 1.807) is 0 Å². The van der Waals surface area contributed by atoms with Crippen molar-refractivity contribution in [1.82, 2.24) is 24.8 Å². The van der Waals surface area contributed by atoms with Crippen LogP contribution in [0.3, 0.4) is 0 Å². The van der Waals surface area contributed by atoms with Crippen LogP contribution in [0.25, 0.3) is 32.4 Å². The first-order chi connectivity index (χ1) is 23.2. The highest BCUT2D eigenvalue weighted by Gasteiger charge is 2.49. The van der Waals surface area contributed by atoms with Gasteiger partial charge in [0.25, 0.3) is 5.56 Å². The van der Waals surface area contributed by atoms with Gasteiger partial charge in [0.1, 0.15) is 35.7 Å². The van der Waals surface area contributed by atoms with Crippen LogP contribution < -0.4 is 26.2 Å². The minimum Gasteiger partial charge on any atom is -0.475 e. The number of nitrogens with one attached hydrogen (secondary N) is 1. The molecule has 5 aliphatic heterocycles. The van der Waals surface area contributed by atoms with Crippen molar-refractivity contribution in [2.45, 2.75) is 61.9 Å². The lowest BCUT2D eigenvalue weighted by Gasteiger charge is -2.37. The molecule has 5 aliphatic rings. The summed E-state index contributed by atoms with van der Waals surface area (Å²) in [4.78, 5) is 27.8. The molecule has 2 unspecified atom stereocenters. The van der Waals surface area contributed by atoms with Gasteiger partial charge in [-0.15, -0.1) is 0 Å². The van der Waals surface area contributed by atoms with E-state index in [0.717, 1.165) is 43.6 Å². The molecule has 2 bridgehead atoms. The predicted octanol–water partition coefficient (Wildman–Crippen LogP) is 3.87. The van der Waals surface area contributed by atoms with E-state index >= 15 is 4.39 Å². The maximum atomic E-state index is 17.4. The molecule has 3 N–H and O–H groups in total. The Labute approximate surface area is 277 Å². The average molecular weight is 679 g/mol. The molecule has 0 radical (unpaired) electrons. The number of piperazine rings is 1. The quantitative estimate of drug-likeness (QED) is 0.310. The Kier molecular flexibility index (Phi) is 6.92. The number of anilines is 2. The smallest absolute Gasteiger partial charge is 0.263 e. The molecule has 0 amide bonds. The van der Waals surface area contributed by atoms with E-state index in [-0.39, 0.29) is 86.5 Å². The Morgan fingerprint density at radius 1 is 1.17 bits per heavy atom. The van der Waals surface area contributed by atoms with Crippen LogP contribution in [0.5, 0.6) is 5.88 Å². The number of nitrogens with two attached hydrogens (primary N) is 1. The number of pyridine rings is 2. The largest absolute Gasteiger partial charge is 0.475 e. The third kappa shape index (κ3) is 4.45. The number of halogens is 3. The molecular formula is C33H33F3N8O3S. The highest BCUT2D eigenvalue weighted by atomic mass is 32.1. The zero-order valence-electron chi connectivity index (χ0n) is 26.0. The zero-order chi connectivity index (χ0) is 32.9. The van der Waals surface area contributed by atoms with E-state index in [1.807, 2.05) is 4.90 Å². The minimum atomic E-state index is -0.984. The SMILES string of the molecule is N#Cc1c(OC[C@@]23CCCN2C[C@H](F)C3)nc2c(F)c(-c3ccc(F)c4sc(N)nc34)n(C3COC3)c(=O)c2c1N1CC2CCC(C1)N2. The molecule has 4 aromatic rings. The van der Waals surface area contributed by atoms with E-state index < -0.39 is 34.9 Å². The van der Waals surface area contributed by atoms with Crippen molar-refractivity contribution in [3.8, 4) is 23.2 Å². The van der Waals surface area contributed by atoms with E-state index in [9.17, 15) is 18.8 Å². The zero-order valence-corrected chi connectivity index (χ0v) is 26.8. The van der Waals surface area contributed by atoms with Crippen LogP contribution in [0.4, 0.5) is 24.0 Å². The summed E-state index contributed by atoms with van der Waals surface area (Å²) in [7, 11) is 0. The molecule has 9 rings (SSSR count). The monoisotopic (exact) mass is 678 g/mol. The number of benzene rings is 1. The van der Waals surface area contributed by atoms with Crippen molar-refractivity contribution in [1.29, 1.82) is 5.26 Å². The summed E-state index contributed by atoms with van der Waals surface area (Å²) in [5, 5.41) is 14.3. The van der Waals surface area contributed by atoms with Crippen LogP contribution in [0.1, 0.15) is 43.7 Å². The van der Waals surface area contributed by atoms with Crippen molar-refractivity contribution >= 4 is 43.3 Å². The highest BCUT2D eigenvalue weighted by molar-refractivity contribution is 7.22. The number of nitrogen functional groups attached to an aromatic ring is 1. The number of aromatic nitrogens is 3. The van der Waals surface area contributed by atoms with Crippen molar-refractivity contribution in [3.63, 3.8) is 0 Å². The molecule has 5 fully saturated rings. The number of fused-ring (bicyclic) bond motifs is 5. The van der Waals surface area contributed by atoms with Gasteiger partial charge in [0.05, 0.1) is 51.8 Å². The van der Waals surface area contributed by atoms with E-state index in [2.05, 4.69) is 26.3 Å². The maximum absolute atomic E-state index is 17.4. The Balaban J connectivity index is 1.30. The van der Waals surface area contributed by atoms with Crippen LogP contribution in [-0.4, -0.2) is 89.2 Å². The lowest BCUT2D eigenvalue weighted by molar-refractivity contribution is -0.0241. The molecule has 15 heteroatoms. The van der Waals surface area contributed by atoms with Gasteiger partial charge in [0.15, 0.2) is 10.9 Å². The van der Waals surface area contributed by atoms with Gasteiger partial charge in [-0.3, -0.25) is 14.3 Å². The number of thiazole rings is 1. The summed E-state index contributed by atoms with van der Waals surface area (Å²) in [5.74, 6) is -1.48. The summed E-state index contributed by atoms with van der Waals surface area (Å²) >= 11 is 0.938. The second-order valence-corrected chi connectivity index (χ2v) is 14.8. The second-order valence-electron chi connectivity index (χ2n) is 13.7. The van der Waals surface area contributed by atoms with Gasteiger partial charge in [0, 0.05) is 43.7 Å². The third-order valence-electron chi connectivity index (χ3n) is 10.9.